The van der Waals surface area contributed by atoms with Crippen LogP contribution in [0.4, 0.5) is 13.2 Å². The number of halogens is 3. The fourth-order valence-electron chi connectivity index (χ4n) is 1.84. The lowest BCUT2D eigenvalue weighted by atomic mass is 9.90. The first-order valence-electron chi connectivity index (χ1n) is 4.84. The van der Waals surface area contributed by atoms with Crippen molar-refractivity contribution < 1.29 is 18.0 Å². The number of rotatable bonds is 1. The normalized spacial score (nSPS) is 20.7. The number of thioether (sulfide) groups is 1. The molecular weight excluding hydrogens is 237 g/mol. The molecule has 0 radical (unpaired) electrons. The number of hydrogen-bond acceptors (Lipinski definition) is 2. The molecule has 0 spiro atoms. The van der Waals surface area contributed by atoms with E-state index in [1.807, 2.05) is 0 Å². The molecule has 0 saturated heterocycles. The van der Waals surface area contributed by atoms with Crippen LogP contribution in [0.15, 0.2) is 24.3 Å². The van der Waals surface area contributed by atoms with Crippen LogP contribution in [0, 0.1) is 0 Å². The summed E-state index contributed by atoms with van der Waals surface area (Å²) in [5.74, 6) is -0.399. The summed E-state index contributed by atoms with van der Waals surface area (Å²) in [6.07, 6.45) is 0.801. The molecule has 0 heterocycles. The SMILES string of the molecule is O=C1c2ccccc2CCC1SC(F)(F)F. The predicted molar refractivity (Wildman–Crippen MR) is 56.5 cm³/mol. The van der Waals surface area contributed by atoms with Gasteiger partial charge in [0.05, 0.1) is 5.25 Å². The molecule has 16 heavy (non-hydrogen) atoms. The Bertz CT molecular complexity index is 414. The van der Waals surface area contributed by atoms with Crippen molar-refractivity contribution in [1.29, 1.82) is 0 Å². The van der Waals surface area contributed by atoms with Gasteiger partial charge in [-0.25, -0.2) is 0 Å². The monoisotopic (exact) mass is 246 g/mol. The highest BCUT2D eigenvalue weighted by Crippen LogP contribution is 2.39. The second kappa shape index (κ2) is 4.13. The van der Waals surface area contributed by atoms with Gasteiger partial charge in [0, 0.05) is 5.56 Å². The molecule has 1 aromatic carbocycles. The Morgan fingerprint density at radius 1 is 1.25 bits per heavy atom. The second-order valence-corrected chi connectivity index (χ2v) is 4.88. The van der Waals surface area contributed by atoms with Gasteiger partial charge in [0.15, 0.2) is 5.78 Å². The molecule has 1 aliphatic rings. The number of ketones is 1. The largest absolute Gasteiger partial charge is 0.442 e. The van der Waals surface area contributed by atoms with Gasteiger partial charge in [-0.3, -0.25) is 4.79 Å². The van der Waals surface area contributed by atoms with Gasteiger partial charge in [-0.05, 0) is 30.2 Å². The minimum Gasteiger partial charge on any atom is -0.293 e. The van der Waals surface area contributed by atoms with E-state index >= 15 is 0 Å². The Balaban J connectivity index is 2.22. The minimum atomic E-state index is -4.34. The number of hydrogen-bond donors (Lipinski definition) is 0. The summed E-state index contributed by atoms with van der Waals surface area (Å²) in [5, 5.41) is -0.977. The Kier molecular flexibility index (Phi) is 2.97. The van der Waals surface area contributed by atoms with Crippen molar-refractivity contribution in [2.75, 3.05) is 0 Å². The molecule has 0 N–H and O–H groups in total. The molecule has 0 amide bonds. The van der Waals surface area contributed by atoms with E-state index < -0.39 is 16.5 Å². The van der Waals surface area contributed by atoms with E-state index in [9.17, 15) is 18.0 Å². The van der Waals surface area contributed by atoms with Gasteiger partial charge in [0.25, 0.3) is 0 Å². The summed E-state index contributed by atoms with van der Waals surface area (Å²) in [6, 6.07) is 6.86. The van der Waals surface area contributed by atoms with Crippen molar-refractivity contribution >= 4 is 17.5 Å². The van der Waals surface area contributed by atoms with E-state index in [0.717, 1.165) is 5.56 Å². The highest BCUT2D eigenvalue weighted by molar-refractivity contribution is 8.01. The smallest absolute Gasteiger partial charge is 0.293 e. The summed E-state index contributed by atoms with van der Waals surface area (Å²) in [4.78, 5) is 11.8. The van der Waals surface area contributed by atoms with Crippen LogP contribution < -0.4 is 0 Å². The van der Waals surface area contributed by atoms with Crippen molar-refractivity contribution in [3.05, 3.63) is 35.4 Å². The van der Waals surface area contributed by atoms with E-state index in [1.165, 1.54) is 0 Å². The third-order valence-electron chi connectivity index (χ3n) is 2.53. The zero-order chi connectivity index (χ0) is 11.8. The number of carbonyl (C=O) groups excluding carboxylic acids is 1. The van der Waals surface area contributed by atoms with Crippen LogP contribution in [0.2, 0.25) is 0 Å². The van der Waals surface area contributed by atoms with Crippen molar-refractivity contribution in [2.24, 2.45) is 0 Å². The van der Waals surface area contributed by atoms with Gasteiger partial charge >= 0.3 is 5.51 Å². The zero-order valence-electron chi connectivity index (χ0n) is 8.25. The van der Waals surface area contributed by atoms with Crippen LogP contribution in [0.25, 0.3) is 0 Å². The van der Waals surface area contributed by atoms with Crippen LogP contribution in [0.5, 0.6) is 0 Å². The van der Waals surface area contributed by atoms with Crippen LogP contribution in [-0.2, 0) is 6.42 Å². The summed E-state index contributed by atoms with van der Waals surface area (Å²) >= 11 is -0.200. The third kappa shape index (κ3) is 2.40. The maximum Gasteiger partial charge on any atom is 0.442 e. The minimum absolute atomic E-state index is 0.200. The average Bonchev–Trinajstić information content (AvgIpc) is 2.21. The molecule has 0 aliphatic heterocycles. The summed E-state index contributed by atoms with van der Waals surface area (Å²) in [5.41, 5.74) is -3.05. The van der Waals surface area contributed by atoms with Crippen LogP contribution in [0.1, 0.15) is 22.3 Å². The number of Topliss-reactive ketones (excluding diaryl/α,β-unsaturated/α-hetero) is 1. The highest BCUT2D eigenvalue weighted by Gasteiger charge is 2.38. The summed E-state index contributed by atoms with van der Waals surface area (Å²) in [7, 11) is 0. The topological polar surface area (TPSA) is 17.1 Å². The fourth-order valence-corrected chi connectivity index (χ4v) is 2.64. The fraction of sp³-hybridized carbons (Fsp3) is 0.364. The van der Waals surface area contributed by atoms with E-state index in [4.69, 9.17) is 0 Å². The van der Waals surface area contributed by atoms with Gasteiger partial charge in [0.1, 0.15) is 0 Å². The maximum absolute atomic E-state index is 12.2. The van der Waals surface area contributed by atoms with E-state index in [2.05, 4.69) is 0 Å². The highest BCUT2D eigenvalue weighted by atomic mass is 32.2. The molecule has 1 nitrogen and oxygen atoms in total. The molecule has 0 fully saturated rings. The summed E-state index contributed by atoms with van der Waals surface area (Å²) < 4.78 is 36.6. The number of benzene rings is 1. The molecule has 1 aliphatic carbocycles. The summed E-state index contributed by atoms with van der Waals surface area (Å²) in [6.45, 7) is 0. The molecular formula is C11H9F3OS. The van der Waals surface area contributed by atoms with Crippen LogP contribution >= 0.6 is 11.8 Å². The molecule has 0 aromatic heterocycles. The lowest BCUT2D eigenvalue weighted by Gasteiger charge is -2.23. The van der Waals surface area contributed by atoms with Gasteiger partial charge in [-0.1, -0.05) is 24.3 Å². The Labute approximate surface area is 95.0 Å². The lowest BCUT2D eigenvalue weighted by Crippen LogP contribution is -2.27. The number of fused-ring (bicyclic) bond motifs is 1. The molecule has 1 atom stereocenters. The molecule has 1 unspecified atom stereocenters. The molecule has 2 rings (SSSR count). The third-order valence-corrected chi connectivity index (χ3v) is 3.53. The van der Waals surface area contributed by atoms with Crippen molar-refractivity contribution in [1.82, 2.24) is 0 Å². The average molecular weight is 246 g/mol. The number of carbonyl (C=O) groups is 1. The Morgan fingerprint density at radius 3 is 2.62 bits per heavy atom. The molecule has 0 bridgehead atoms. The van der Waals surface area contributed by atoms with Gasteiger partial charge in [-0.15, -0.1) is 0 Å². The van der Waals surface area contributed by atoms with Gasteiger partial charge in [0.2, 0.25) is 0 Å². The van der Waals surface area contributed by atoms with E-state index in [0.29, 0.717) is 12.0 Å². The Hall–Kier alpha value is -0.970. The first kappa shape index (κ1) is 11.5. The molecule has 0 saturated carbocycles. The van der Waals surface area contributed by atoms with Gasteiger partial charge < -0.3 is 0 Å². The van der Waals surface area contributed by atoms with Gasteiger partial charge in [-0.2, -0.15) is 13.2 Å². The zero-order valence-corrected chi connectivity index (χ0v) is 9.07. The quantitative estimate of drug-likeness (QED) is 0.755. The number of alkyl halides is 3. The maximum atomic E-state index is 12.2. The molecule has 5 heteroatoms. The standard InChI is InChI=1S/C11H9F3OS/c12-11(13,14)16-9-6-5-7-3-1-2-4-8(7)10(9)15/h1-4,9H,5-6H2. The number of aryl methyl sites for hydroxylation is 1. The van der Waals surface area contributed by atoms with Crippen molar-refractivity contribution in [2.45, 2.75) is 23.6 Å². The van der Waals surface area contributed by atoms with Crippen LogP contribution in [0.3, 0.4) is 0 Å². The predicted octanol–water partition coefficient (Wildman–Crippen LogP) is 3.44. The van der Waals surface area contributed by atoms with E-state index in [1.54, 1.807) is 24.3 Å². The molecule has 86 valence electrons. The first-order chi connectivity index (χ1) is 7.47. The first-order valence-corrected chi connectivity index (χ1v) is 5.72. The van der Waals surface area contributed by atoms with Crippen LogP contribution in [-0.4, -0.2) is 16.5 Å². The second-order valence-electron chi connectivity index (χ2n) is 3.61. The molecule has 1 aromatic rings. The van der Waals surface area contributed by atoms with E-state index in [-0.39, 0.29) is 18.2 Å². The van der Waals surface area contributed by atoms with Crippen molar-refractivity contribution in [3.8, 4) is 0 Å². The lowest BCUT2D eigenvalue weighted by molar-refractivity contribution is -0.0333. The van der Waals surface area contributed by atoms with Crippen molar-refractivity contribution in [3.63, 3.8) is 0 Å². The Morgan fingerprint density at radius 2 is 1.94 bits per heavy atom.